The third-order valence-electron chi connectivity index (χ3n) is 3.21. The van der Waals surface area contributed by atoms with Crippen molar-refractivity contribution in [2.75, 3.05) is 19.5 Å². The molecule has 0 aliphatic carbocycles. The predicted octanol–water partition coefficient (Wildman–Crippen LogP) is 1.05. The van der Waals surface area contributed by atoms with E-state index in [4.69, 9.17) is 9.47 Å². The maximum atomic E-state index is 12.1. The summed E-state index contributed by atoms with van der Waals surface area (Å²) in [5.74, 6) is 1.01. The van der Waals surface area contributed by atoms with Gasteiger partial charge in [-0.3, -0.25) is 4.79 Å². The topological polar surface area (TPSA) is 67.8 Å². The highest BCUT2D eigenvalue weighted by atomic mass is 32.2. The number of aliphatic hydroxyl groups is 1. The standard InChI is InChI=1S/C14H19NO4S/c1-9(13(7-16)20-2)15-14(17)12-8-18-10-5-3-4-6-11(10)19-12/h3-6,9,12-13,16H,7-8H2,1-2H3,(H,15,17). The maximum absolute atomic E-state index is 12.1. The van der Waals surface area contributed by atoms with Gasteiger partial charge in [0.15, 0.2) is 11.5 Å². The molecule has 0 fully saturated rings. The molecule has 2 N–H and O–H groups in total. The van der Waals surface area contributed by atoms with E-state index in [1.165, 1.54) is 11.8 Å². The largest absolute Gasteiger partial charge is 0.485 e. The minimum absolute atomic E-state index is 0.0213. The normalized spacial score (nSPS) is 20.1. The minimum Gasteiger partial charge on any atom is -0.485 e. The van der Waals surface area contributed by atoms with Crippen LogP contribution in [0.3, 0.4) is 0 Å². The summed E-state index contributed by atoms with van der Waals surface area (Å²) in [4.78, 5) is 12.1. The molecule has 1 aliphatic heterocycles. The lowest BCUT2D eigenvalue weighted by Gasteiger charge is -2.28. The molecule has 0 saturated carbocycles. The van der Waals surface area contributed by atoms with Crippen molar-refractivity contribution in [1.82, 2.24) is 5.32 Å². The lowest BCUT2D eigenvalue weighted by atomic mass is 10.2. The minimum atomic E-state index is -0.659. The number of hydrogen-bond donors (Lipinski definition) is 2. The molecule has 3 atom stereocenters. The van der Waals surface area contributed by atoms with Crippen molar-refractivity contribution in [3.8, 4) is 11.5 Å². The zero-order chi connectivity index (χ0) is 14.5. The van der Waals surface area contributed by atoms with Crippen LogP contribution in [0.5, 0.6) is 11.5 Å². The van der Waals surface area contributed by atoms with Crippen molar-refractivity contribution in [3.63, 3.8) is 0 Å². The van der Waals surface area contributed by atoms with Crippen molar-refractivity contribution < 1.29 is 19.4 Å². The van der Waals surface area contributed by atoms with E-state index in [1.54, 1.807) is 6.07 Å². The van der Waals surface area contributed by atoms with Crippen LogP contribution in [0.2, 0.25) is 0 Å². The second kappa shape index (κ2) is 6.85. The fraction of sp³-hybridized carbons (Fsp3) is 0.500. The van der Waals surface area contributed by atoms with Gasteiger partial charge in [-0.1, -0.05) is 12.1 Å². The van der Waals surface area contributed by atoms with Crippen LogP contribution < -0.4 is 14.8 Å². The number of nitrogens with one attached hydrogen (secondary N) is 1. The highest BCUT2D eigenvalue weighted by molar-refractivity contribution is 7.99. The molecular weight excluding hydrogens is 278 g/mol. The fourth-order valence-electron chi connectivity index (χ4n) is 2.00. The number of rotatable bonds is 5. The van der Waals surface area contributed by atoms with Crippen molar-refractivity contribution in [2.24, 2.45) is 0 Å². The Morgan fingerprint density at radius 2 is 2.20 bits per heavy atom. The molecule has 3 unspecified atom stereocenters. The fourth-order valence-corrected chi connectivity index (χ4v) is 2.62. The molecule has 0 spiro atoms. The van der Waals surface area contributed by atoms with Crippen molar-refractivity contribution in [1.29, 1.82) is 0 Å². The number of fused-ring (bicyclic) bond motifs is 1. The second-order valence-corrected chi connectivity index (χ2v) is 5.70. The maximum Gasteiger partial charge on any atom is 0.264 e. The first-order valence-electron chi connectivity index (χ1n) is 6.48. The Kier molecular flexibility index (Phi) is 5.14. The number of para-hydroxylation sites is 2. The van der Waals surface area contributed by atoms with E-state index >= 15 is 0 Å². The van der Waals surface area contributed by atoms with Crippen LogP contribution in [-0.2, 0) is 4.79 Å². The van der Waals surface area contributed by atoms with Crippen LogP contribution in [0, 0.1) is 0 Å². The molecule has 0 saturated heterocycles. The zero-order valence-electron chi connectivity index (χ0n) is 11.5. The van der Waals surface area contributed by atoms with Gasteiger partial charge in [-0.15, -0.1) is 0 Å². The van der Waals surface area contributed by atoms with Gasteiger partial charge in [-0.2, -0.15) is 11.8 Å². The van der Waals surface area contributed by atoms with Gasteiger partial charge in [0.05, 0.1) is 6.61 Å². The van der Waals surface area contributed by atoms with E-state index in [2.05, 4.69) is 5.32 Å². The Balaban J connectivity index is 1.95. The highest BCUT2D eigenvalue weighted by Crippen LogP contribution is 2.30. The number of amides is 1. The van der Waals surface area contributed by atoms with Gasteiger partial charge in [-0.05, 0) is 25.3 Å². The summed E-state index contributed by atoms with van der Waals surface area (Å²) in [6.45, 7) is 2.08. The second-order valence-electron chi connectivity index (χ2n) is 4.62. The SMILES string of the molecule is CSC(CO)C(C)NC(=O)C1COc2ccccc2O1. The Morgan fingerprint density at radius 1 is 1.50 bits per heavy atom. The number of carbonyl (C=O) groups excluding carboxylic acids is 1. The lowest BCUT2D eigenvalue weighted by molar-refractivity contribution is -0.131. The average Bonchev–Trinajstić information content (AvgIpc) is 2.48. The van der Waals surface area contributed by atoms with E-state index in [-0.39, 0.29) is 30.4 Å². The lowest BCUT2D eigenvalue weighted by Crippen LogP contribution is -2.50. The van der Waals surface area contributed by atoms with Gasteiger partial charge in [0.25, 0.3) is 5.91 Å². The molecule has 20 heavy (non-hydrogen) atoms. The summed E-state index contributed by atoms with van der Waals surface area (Å²) < 4.78 is 11.1. The molecule has 6 heteroatoms. The molecule has 1 heterocycles. The Bertz CT molecular complexity index is 464. The smallest absolute Gasteiger partial charge is 0.264 e. The highest BCUT2D eigenvalue weighted by Gasteiger charge is 2.29. The summed E-state index contributed by atoms with van der Waals surface area (Å²) >= 11 is 1.52. The Labute approximate surface area is 122 Å². The van der Waals surface area contributed by atoms with Gasteiger partial charge < -0.3 is 19.9 Å². The van der Waals surface area contributed by atoms with Crippen LogP contribution >= 0.6 is 11.8 Å². The number of benzene rings is 1. The molecule has 1 amide bonds. The summed E-state index contributed by atoms with van der Waals surface area (Å²) in [5.41, 5.74) is 0. The number of hydrogen-bond acceptors (Lipinski definition) is 5. The molecule has 1 aliphatic rings. The van der Waals surface area contributed by atoms with Gasteiger partial charge in [-0.25, -0.2) is 0 Å². The van der Waals surface area contributed by atoms with Gasteiger partial charge in [0, 0.05) is 11.3 Å². The predicted molar refractivity (Wildman–Crippen MR) is 78.3 cm³/mol. The summed E-state index contributed by atoms with van der Waals surface area (Å²) in [6.07, 6.45) is 1.24. The average molecular weight is 297 g/mol. The monoisotopic (exact) mass is 297 g/mol. The number of thioether (sulfide) groups is 1. The molecule has 5 nitrogen and oxygen atoms in total. The van der Waals surface area contributed by atoms with Gasteiger partial charge in [0.2, 0.25) is 6.10 Å². The molecule has 1 aromatic rings. The Morgan fingerprint density at radius 3 is 2.85 bits per heavy atom. The van der Waals surface area contributed by atoms with Crippen LogP contribution in [0.1, 0.15) is 6.92 Å². The first-order valence-corrected chi connectivity index (χ1v) is 7.77. The van der Waals surface area contributed by atoms with Gasteiger partial charge >= 0.3 is 0 Å². The molecule has 1 aromatic carbocycles. The molecule has 0 bridgehead atoms. The summed E-state index contributed by atoms with van der Waals surface area (Å²) in [7, 11) is 0. The van der Waals surface area contributed by atoms with Crippen LogP contribution in [-0.4, -0.2) is 47.9 Å². The molecule has 0 radical (unpaired) electrons. The Hall–Kier alpha value is -1.40. The van der Waals surface area contributed by atoms with Crippen molar-refractivity contribution in [2.45, 2.75) is 24.3 Å². The first kappa shape index (κ1) is 15.0. The van der Waals surface area contributed by atoms with E-state index in [1.807, 2.05) is 31.4 Å². The van der Waals surface area contributed by atoms with E-state index in [0.29, 0.717) is 11.5 Å². The molecular formula is C14H19NO4S. The van der Waals surface area contributed by atoms with Crippen LogP contribution in [0.15, 0.2) is 24.3 Å². The number of carbonyl (C=O) groups is 1. The third-order valence-corrected chi connectivity index (χ3v) is 4.37. The summed E-state index contributed by atoms with van der Waals surface area (Å²) in [5, 5.41) is 12.0. The van der Waals surface area contributed by atoms with Crippen LogP contribution in [0.25, 0.3) is 0 Å². The van der Waals surface area contributed by atoms with Crippen LogP contribution in [0.4, 0.5) is 0 Å². The van der Waals surface area contributed by atoms with E-state index in [9.17, 15) is 9.90 Å². The number of ether oxygens (including phenoxy) is 2. The summed E-state index contributed by atoms with van der Waals surface area (Å²) in [6, 6.07) is 7.14. The molecule has 110 valence electrons. The molecule has 0 aromatic heterocycles. The third kappa shape index (κ3) is 3.37. The van der Waals surface area contributed by atoms with Crippen molar-refractivity contribution >= 4 is 17.7 Å². The molecule has 2 rings (SSSR count). The van der Waals surface area contributed by atoms with E-state index < -0.39 is 6.10 Å². The number of aliphatic hydroxyl groups excluding tert-OH is 1. The zero-order valence-corrected chi connectivity index (χ0v) is 12.4. The quantitative estimate of drug-likeness (QED) is 0.850. The first-order chi connectivity index (χ1) is 9.65. The van der Waals surface area contributed by atoms with E-state index in [0.717, 1.165) is 0 Å². The van der Waals surface area contributed by atoms with Crippen molar-refractivity contribution in [3.05, 3.63) is 24.3 Å². The van der Waals surface area contributed by atoms with Gasteiger partial charge in [0.1, 0.15) is 6.61 Å².